The summed E-state index contributed by atoms with van der Waals surface area (Å²) in [6.07, 6.45) is 2.57. The maximum atomic E-state index is 12.6. The third-order valence-corrected chi connectivity index (χ3v) is 6.16. The molecule has 2 aliphatic rings. The van der Waals surface area contributed by atoms with Crippen molar-refractivity contribution in [2.24, 2.45) is 11.3 Å². The van der Waals surface area contributed by atoms with E-state index in [4.69, 9.17) is 4.74 Å². The number of aliphatic carboxylic acids is 1. The molecule has 0 aliphatic carbocycles. The minimum atomic E-state index is -0.813. The van der Waals surface area contributed by atoms with E-state index >= 15 is 0 Å². The van der Waals surface area contributed by atoms with Crippen molar-refractivity contribution < 1.29 is 19.4 Å². The van der Waals surface area contributed by atoms with E-state index < -0.39 is 11.4 Å². The van der Waals surface area contributed by atoms with Crippen LogP contribution < -0.4 is 0 Å². The van der Waals surface area contributed by atoms with Crippen molar-refractivity contribution in [2.75, 3.05) is 26.3 Å². The second-order valence-electron chi connectivity index (χ2n) is 7.79. The Bertz CT molecular complexity index is 864. The highest BCUT2D eigenvalue weighted by Crippen LogP contribution is 2.42. The first-order valence-electron chi connectivity index (χ1n) is 9.65. The molecule has 2 aromatic carbocycles. The zero-order valence-electron chi connectivity index (χ0n) is 15.4. The molecule has 2 saturated heterocycles. The fourth-order valence-corrected chi connectivity index (χ4v) is 4.49. The average Bonchev–Trinajstić information content (AvgIpc) is 3.09. The van der Waals surface area contributed by atoms with Gasteiger partial charge in [0.15, 0.2) is 0 Å². The van der Waals surface area contributed by atoms with Gasteiger partial charge < -0.3 is 14.7 Å². The molecule has 5 nitrogen and oxygen atoms in total. The lowest BCUT2D eigenvalue weighted by atomic mass is 9.74. The van der Waals surface area contributed by atoms with E-state index in [1.165, 1.54) is 16.3 Å². The molecule has 2 atom stereocenters. The van der Waals surface area contributed by atoms with Gasteiger partial charge in [-0.25, -0.2) is 0 Å². The van der Waals surface area contributed by atoms with Crippen LogP contribution in [0, 0.1) is 11.3 Å². The standard InChI is InChI=1S/C22H25NO4/c24-20(23-13-19-14-27-11-10-22(19,15-23)21(25)26)7-3-4-16-8-9-17-5-1-2-6-18(17)12-16/h1-2,5-6,8-9,12,19H,3-4,7,10-11,13-15H2,(H,25,26)/t19-,22+/m0/s1. The van der Waals surface area contributed by atoms with Gasteiger partial charge in [0, 0.05) is 32.0 Å². The van der Waals surface area contributed by atoms with Gasteiger partial charge in [0.1, 0.15) is 0 Å². The van der Waals surface area contributed by atoms with Gasteiger partial charge in [-0.2, -0.15) is 0 Å². The first kappa shape index (κ1) is 18.0. The number of benzene rings is 2. The number of nitrogens with zero attached hydrogens (tertiary/aromatic N) is 1. The number of hydrogen-bond acceptors (Lipinski definition) is 3. The Labute approximate surface area is 158 Å². The first-order valence-corrected chi connectivity index (χ1v) is 9.65. The maximum absolute atomic E-state index is 12.6. The summed E-state index contributed by atoms with van der Waals surface area (Å²) in [7, 11) is 0. The second-order valence-corrected chi connectivity index (χ2v) is 7.79. The molecule has 2 aromatic rings. The minimum absolute atomic E-state index is 0.0609. The van der Waals surface area contributed by atoms with E-state index in [1.54, 1.807) is 4.90 Å². The number of likely N-dealkylation sites (tertiary alicyclic amines) is 1. The molecule has 2 fully saturated rings. The van der Waals surface area contributed by atoms with Crippen molar-refractivity contribution in [1.82, 2.24) is 4.90 Å². The molecule has 4 rings (SSSR count). The van der Waals surface area contributed by atoms with Crippen LogP contribution in [-0.2, 0) is 20.7 Å². The zero-order chi connectivity index (χ0) is 18.9. The molecule has 1 N–H and O–H groups in total. The van der Waals surface area contributed by atoms with Crippen molar-refractivity contribution in [3.05, 3.63) is 48.0 Å². The molecule has 1 amide bonds. The van der Waals surface area contributed by atoms with E-state index in [9.17, 15) is 14.7 Å². The third kappa shape index (κ3) is 3.44. The van der Waals surface area contributed by atoms with Crippen LogP contribution in [0.15, 0.2) is 42.5 Å². The molecule has 2 aliphatic heterocycles. The molecule has 5 heteroatoms. The third-order valence-electron chi connectivity index (χ3n) is 6.16. The summed E-state index contributed by atoms with van der Waals surface area (Å²) in [6.45, 7) is 1.73. The van der Waals surface area contributed by atoms with E-state index in [0.29, 0.717) is 39.1 Å². The lowest BCUT2D eigenvalue weighted by Crippen LogP contribution is -2.45. The number of ether oxygens (including phenoxy) is 1. The number of hydrogen-bond donors (Lipinski definition) is 1. The lowest BCUT2D eigenvalue weighted by Gasteiger charge is -2.33. The Kier molecular flexibility index (Phi) is 4.87. The van der Waals surface area contributed by atoms with Gasteiger partial charge in [-0.15, -0.1) is 0 Å². The van der Waals surface area contributed by atoms with Gasteiger partial charge in [0.25, 0.3) is 0 Å². The number of rotatable bonds is 5. The summed E-state index contributed by atoms with van der Waals surface area (Å²) in [5.41, 5.74) is 0.415. The summed E-state index contributed by atoms with van der Waals surface area (Å²) in [6, 6.07) is 14.7. The topological polar surface area (TPSA) is 66.8 Å². The largest absolute Gasteiger partial charge is 0.481 e. The monoisotopic (exact) mass is 367 g/mol. The summed E-state index contributed by atoms with van der Waals surface area (Å²) >= 11 is 0. The van der Waals surface area contributed by atoms with E-state index in [-0.39, 0.29) is 11.8 Å². The summed E-state index contributed by atoms with van der Waals surface area (Å²) < 4.78 is 5.46. The Morgan fingerprint density at radius 2 is 2.00 bits per heavy atom. The molecule has 0 aromatic heterocycles. The number of amides is 1. The Morgan fingerprint density at radius 3 is 2.78 bits per heavy atom. The van der Waals surface area contributed by atoms with E-state index in [2.05, 4.69) is 30.3 Å². The normalized spacial score (nSPS) is 24.7. The smallest absolute Gasteiger partial charge is 0.311 e. The molecule has 0 radical (unpaired) electrons. The Balaban J connectivity index is 1.34. The predicted molar refractivity (Wildman–Crippen MR) is 102 cm³/mol. The number of carbonyl (C=O) groups is 2. The average molecular weight is 367 g/mol. The highest BCUT2D eigenvalue weighted by molar-refractivity contribution is 5.83. The van der Waals surface area contributed by atoms with Crippen LogP contribution in [0.3, 0.4) is 0 Å². The molecule has 0 saturated carbocycles. The fraction of sp³-hybridized carbons (Fsp3) is 0.455. The van der Waals surface area contributed by atoms with Crippen molar-refractivity contribution in [3.8, 4) is 0 Å². The SMILES string of the molecule is O=C(CCCc1ccc2ccccc2c1)N1C[C@H]2COCC[C@@]2(C(=O)O)C1. The van der Waals surface area contributed by atoms with E-state index in [1.807, 2.05) is 12.1 Å². The first-order chi connectivity index (χ1) is 13.1. The zero-order valence-corrected chi connectivity index (χ0v) is 15.4. The van der Waals surface area contributed by atoms with Crippen LogP contribution in [0.2, 0.25) is 0 Å². The van der Waals surface area contributed by atoms with Gasteiger partial charge in [-0.3, -0.25) is 9.59 Å². The number of carboxylic acids is 1. The van der Waals surface area contributed by atoms with Crippen molar-refractivity contribution in [2.45, 2.75) is 25.7 Å². The van der Waals surface area contributed by atoms with Crippen molar-refractivity contribution in [1.29, 1.82) is 0 Å². The molecule has 0 bridgehead atoms. The lowest BCUT2D eigenvalue weighted by molar-refractivity contribution is -0.157. The van der Waals surface area contributed by atoms with Crippen LogP contribution in [-0.4, -0.2) is 48.2 Å². The molecule has 27 heavy (non-hydrogen) atoms. The van der Waals surface area contributed by atoms with Crippen LogP contribution in [0.1, 0.15) is 24.8 Å². The van der Waals surface area contributed by atoms with Gasteiger partial charge in [-0.1, -0.05) is 42.5 Å². The van der Waals surface area contributed by atoms with Crippen LogP contribution >= 0.6 is 0 Å². The molecule has 0 spiro atoms. The molecular formula is C22H25NO4. The maximum Gasteiger partial charge on any atom is 0.311 e. The van der Waals surface area contributed by atoms with Crippen LogP contribution in [0.25, 0.3) is 10.8 Å². The minimum Gasteiger partial charge on any atom is -0.481 e. The number of fused-ring (bicyclic) bond motifs is 2. The Morgan fingerprint density at radius 1 is 1.19 bits per heavy atom. The number of carbonyl (C=O) groups excluding carboxylic acids is 1. The molecule has 0 unspecified atom stereocenters. The summed E-state index contributed by atoms with van der Waals surface area (Å²) in [5, 5.41) is 12.2. The molecule has 142 valence electrons. The van der Waals surface area contributed by atoms with Crippen molar-refractivity contribution in [3.63, 3.8) is 0 Å². The van der Waals surface area contributed by atoms with Gasteiger partial charge in [-0.05, 0) is 35.6 Å². The van der Waals surface area contributed by atoms with Crippen LogP contribution in [0.4, 0.5) is 0 Å². The quantitative estimate of drug-likeness (QED) is 0.882. The second kappa shape index (κ2) is 7.31. The molecular weight excluding hydrogens is 342 g/mol. The van der Waals surface area contributed by atoms with Gasteiger partial charge in [0.05, 0.1) is 12.0 Å². The summed E-state index contributed by atoms with van der Waals surface area (Å²) in [4.78, 5) is 26.2. The molecule has 2 heterocycles. The van der Waals surface area contributed by atoms with E-state index in [0.717, 1.165) is 12.8 Å². The highest BCUT2D eigenvalue weighted by atomic mass is 16.5. The van der Waals surface area contributed by atoms with Crippen LogP contribution in [0.5, 0.6) is 0 Å². The summed E-state index contributed by atoms with van der Waals surface area (Å²) in [5.74, 6) is -0.818. The number of aryl methyl sites for hydroxylation is 1. The predicted octanol–water partition coefficient (Wildman–Crippen LogP) is 3.11. The van der Waals surface area contributed by atoms with Crippen molar-refractivity contribution >= 4 is 22.6 Å². The Hall–Kier alpha value is -2.40. The highest BCUT2D eigenvalue weighted by Gasteiger charge is 2.54. The fourth-order valence-electron chi connectivity index (χ4n) is 4.49. The van der Waals surface area contributed by atoms with Gasteiger partial charge in [0.2, 0.25) is 5.91 Å². The number of carboxylic acid groups (broad SMARTS) is 1. The van der Waals surface area contributed by atoms with Gasteiger partial charge >= 0.3 is 5.97 Å².